The molecule has 1 fully saturated rings. The molecule has 0 amide bonds. The SMILES string of the molecule is CC(C)(C)C1C[C@H](O)CN1c1ccc(C(F)(F)F)cn1. The Bertz CT molecular complexity index is 465. The second kappa shape index (κ2) is 4.91. The van der Waals surface area contributed by atoms with E-state index in [1.807, 2.05) is 25.7 Å². The van der Waals surface area contributed by atoms with E-state index < -0.39 is 17.8 Å². The normalized spacial score (nSPS) is 24.2. The lowest BCUT2D eigenvalue weighted by molar-refractivity contribution is -0.137. The fourth-order valence-corrected chi connectivity index (χ4v) is 2.61. The number of nitrogens with zero attached hydrogens (tertiary/aromatic N) is 2. The van der Waals surface area contributed by atoms with Crippen LogP contribution in [-0.4, -0.2) is 28.8 Å². The van der Waals surface area contributed by atoms with Crippen LogP contribution in [0, 0.1) is 5.41 Å². The second-order valence-corrected chi connectivity index (χ2v) is 6.33. The zero-order valence-electron chi connectivity index (χ0n) is 11.8. The Balaban J connectivity index is 2.26. The fourth-order valence-electron chi connectivity index (χ4n) is 2.61. The van der Waals surface area contributed by atoms with Crippen LogP contribution in [0.25, 0.3) is 0 Å². The molecule has 1 aromatic heterocycles. The summed E-state index contributed by atoms with van der Waals surface area (Å²) in [6.45, 7) is 6.55. The van der Waals surface area contributed by atoms with E-state index in [2.05, 4.69) is 4.98 Å². The minimum atomic E-state index is -4.38. The molecule has 1 aromatic rings. The standard InChI is InChI=1S/C14H19F3N2O/c1-13(2,3)11-6-10(20)8-19(11)12-5-4-9(7-18-12)14(15,16)17/h4-5,7,10-11,20H,6,8H2,1-3H3/t10-,11?/m0/s1. The molecule has 20 heavy (non-hydrogen) atoms. The van der Waals surface area contributed by atoms with Crippen molar-refractivity contribution in [3.8, 4) is 0 Å². The zero-order valence-corrected chi connectivity index (χ0v) is 11.8. The third-order valence-electron chi connectivity index (χ3n) is 3.65. The molecule has 1 aliphatic rings. The molecule has 0 bridgehead atoms. The number of aliphatic hydroxyl groups excluding tert-OH is 1. The Morgan fingerprint density at radius 2 is 1.90 bits per heavy atom. The van der Waals surface area contributed by atoms with Crippen LogP contribution in [0.3, 0.4) is 0 Å². The van der Waals surface area contributed by atoms with Gasteiger partial charge in [-0.15, -0.1) is 0 Å². The summed E-state index contributed by atoms with van der Waals surface area (Å²) < 4.78 is 37.6. The molecule has 2 heterocycles. The molecule has 6 heteroatoms. The van der Waals surface area contributed by atoms with E-state index in [9.17, 15) is 18.3 Å². The van der Waals surface area contributed by atoms with Crippen molar-refractivity contribution >= 4 is 5.82 Å². The Morgan fingerprint density at radius 1 is 1.25 bits per heavy atom. The highest BCUT2D eigenvalue weighted by Crippen LogP contribution is 2.36. The minimum absolute atomic E-state index is 0.0572. The van der Waals surface area contributed by atoms with Crippen LogP contribution in [0.4, 0.5) is 19.0 Å². The van der Waals surface area contributed by atoms with Gasteiger partial charge in [-0.3, -0.25) is 0 Å². The van der Waals surface area contributed by atoms with Gasteiger partial charge in [0.1, 0.15) is 5.82 Å². The lowest BCUT2D eigenvalue weighted by Gasteiger charge is -2.35. The summed E-state index contributed by atoms with van der Waals surface area (Å²) in [5, 5.41) is 9.83. The average molecular weight is 288 g/mol. The number of β-amino-alcohol motifs (C(OH)–C–C–N with tert-alkyl or cyclic N) is 1. The average Bonchev–Trinajstić information content (AvgIpc) is 2.70. The molecular weight excluding hydrogens is 269 g/mol. The van der Waals surface area contributed by atoms with Crippen LogP contribution in [-0.2, 0) is 6.18 Å². The highest BCUT2D eigenvalue weighted by atomic mass is 19.4. The second-order valence-electron chi connectivity index (χ2n) is 6.33. The summed E-state index contributed by atoms with van der Waals surface area (Å²) in [7, 11) is 0. The van der Waals surface area contributed by atoms with Crippen LogP contribution in [0.1, 0.15) is 32.8 Å². The van der Waals surface area contributed by atoms with Crippen molar-refractivity contribution in [1.29, 1.82) is 0 Å². The highest BCUT2D eigenvalue weighted by Gasteiger charge is 2.39. The Kier molecular flexibility index (Phi) is 3.71. The first-order chi connectivity index (χ1) is 9.09. The van der Waals surface area contributed by atoms with Crippen LogP contribution in [0.15, 0.2) is 18.3 Å². The summed E-state index contributed by atoms with van der Waals surface area (Å²) in [5.74, 6) is 0.481. The van der Waals surface area contributed by atoms with Gasteiger partial charge in [0, 0.05) is 18.8 Å². The van der Waals surface area contributed by atoms with Crippen LogP contribution in [0.2, 0.25) is 0 Å². The predicted octanol–water partition coefficient (Wildman–Crippen LogP) is 3.09. The predicted molar refractivity (Wildman–Crippen MR) is 70.5 cm³/mol. The maximum absolute atomic E-state index is 12.5. The summed E-state index contributed by atoms with van der Waals surface area (Å²) in [6.07, 6.45) is -3.39. The topological polar surface area (TPSA) is 36.4 Å². The Hall–Kier alpha value is -1.30. The zero-order chi connectivity index (χ0) is 15.1. The summed E-state index contributed by atoms with van der Waals surface area (Å²) in [5.41, 5.74) is -0.838. The molecule has 2 atom stereocenters. The molecule has 0 aliphatic carbocycles. The largest absolute Gasteiger partial charge is 0.417 e. The molecule has 3 nitrogen and oxygen atoms in total. The van der Waals surface area contributed by atoms with Crippen molar-refractivity contribution in [1.82, 2.24) is 4.98 Å². The van der Waals surface area contributed by atoms with Gasteiger partial charge in [0.05, 0.1) is 11.7 Å². The Labute approximate surface area is 116 Å². The van der Waals surface area contributed by atoms with Gasteiger partial charge < -0.3 is 10.0 Å². The lowest BCUT2D eigenvalue weighted by Crippen LogP contribution is -2.39. The van der Waals surface area contributed by atoms with Gasteiger partial charge in [0.2, 0.25) is 0 Å². The van der Waals surface area contributed by atoms with Gasteiger partial charge in [-0.1, -0.05) is 20.8 Å². The van der Waals surface area contributed by atoms with Crippen molar-refractivity contribution in [3.05, 3.63) is 23.9 Å². The molecule has 1 aliphatic heterocycles. The molecule has 0 spiro atoms. The van der Waals surface area contributed by atoms with Gasteiger partial charge in [0.25, 0.3) is 0 Å². The molecule has 0 radical (unpaired) electrons. The number of rotatable bonds is 1. The van der Waals surface area contributed by atoms with Crippen LogP contribution in [0.5, 0.6) is 0 Å². The van der Waals surface area contributed by atoms with E-state index in [-0.39, 0.29) is 11.5 Å². The number of hydrogen-bond donors (Lipinski definition) is 1. The van der Waals surface area contributed by atoms with E-state index in [4.69, 9.17) is 0 Å². The van der Waals surface area contributed by atoms with Crippen LogP contribution >= 0.6 is 0 Å². The minimum Gasteiger partial charge on any atom is -0.391 e. The number of pyridine rings is 1. The summed E-state index contributed by atoms with van der Waals surface area (Å²) >= 11 is 0. The maximum atomic E-state index is 12.5. The number of halogens is 3. The molecule has 112 valence electrons. The van der Waals surface area contributed by atoms with Crippen molar-refractivity contribution in [2.75, 3.05) is 11.4 Å². The van der Waals surface area contributed by atoms with E-state index in [1.54, 1.807) is 0 Å². The van der Waals surface area contributed by atoms with Crippen molar-refractivity contribution < 1.29 is 18.3 Å². The molecule has 2 rings (SSSR count). The molecule has 1 unspecified atom stereocenters. The molecular formula is C14H19F3N2O. The third-order valence-corrected chi connectivity index (χ3v) is 3.65. The monoisotopic (exact) mass is 288 g/mol. The van der Waals surface area contributed by atoms with Gasteiger partial charge in [-0.05, 0) is 24.0 Å². The van der Waals surface area contributed by atoms with E-state index >= 15 is 0 Å². The van der Waals surface area contributed by atoms with Crippen molar-refractivity contribution in [2.24, 2.45) is 5.41 Å². The fraction of sp³-hybridized carbons (Fsp3) is 0.643. The number of hydrogen-bond acceptors (Lipinski definition) is 3. The number of alkyl halides is 3. The highest BCUT2D eigenvalue weighted by molar-refractivity contribution is 5.43. The first kappa shape index (κ1) is 15.1. The number of anilines is 1. The number of aliphatic hydroxyl groups is 1. The summed E-state index contributed by atoms with van der Waals surface area (Å²) in [4.78, 5) is 5.81. The number of aromatic nitrogens is 1. The van der Waals surface area contributed by atoms with E-state index in [0.29, 0.717) is 18.8 Å². The molecule has 0 saturated carbocycles. The van der Waals surface area contributed by atoms with Gasteiger partial charge in [-0.25, -0.2) is 4.98 Å². The molecule has 1 saturated heterocycles. The summed E-state index contributed by atoms with van der Waals surface area (Å²) in [6, 6.07) is 2.47. The molecule has 1 N–H and O–H groups in total. The van der Waals surface area contributed by atoms with E-state index in [1.165, 1.54) is 6.07 Å². The molecule has 0 aromatic carbocycles. The third kappa shape index (κ3) is 3.06. The van der Waals surface area contributed by atoms with Gasteiger partial charge >= 0.3 is 6.18 Å². The van der Waals surface area contributed by atoms with Crippen LogP contribution < -0.4 is 4.90 Å². The van der Waals surface area contributed by atoms with Crippen molar-refractivity contribution in [2.45, 2.75) is 45.5 Å². The first-order valence-corrected chi connectivity index (χ1v) is 6.57. The lowest BCUT2D eigenvalue weighted by atomic mass is 9.85. The van der Waals surface area contributed by atoms with Gasteiger partial charge in [0.15, 0.2) is 0 Å². The first-order valence-electron chi connectivity index (χ1n) is 6.57. The Morgan fingerprint density at radius 3 is 2.35 bits per heavy atom. The smallest absolute Gasteiger partial charge is 0.391 e. The van der Waals surface area contributed by atoms with Crippen molar-refractivity contribution in [3.63, 3.8) is 0 Å². The van der Waals surface area contributed by atoms with E-state index in [0.717, 1.165) is 12.3 Å². The van der Waals surface area contributed by atoms with Gasteiger partial charge in [-0.2, -0.15) is 13.2 Å². The quantitative estimate of drug-likeness (QED) is 0.862. The maximum Gasteiger partial charge on any atom is 0.417 e.